The van der Waals surface area contributed by atoms with Crippen LogP contribution in [-0.2, 0) is 0 Å². The van der Waals surface area contributed by atoms with Crippen LogP contribution in [0.3, 0.4) is 0 Å². The van der Waals surface area contributed by atoms with Gasteiger partial charge in [-0.2, -0.15) is 5.10 Å². The number of carbonyl (C=O) groups excluding carboxylic acids is 2. The third-order valence-electron chi connectivity index (χ3n) is 6.27. The van der Waals surface area contributed by atoms with Gasteiger partial charge in [0.2, 0.25) is 6.79 Å². The maximum Gasteiger partial charge on any atom is 0.343 e. The Labute approximate surface area is 255 Å². The lowest BCUT2D eigenvalue weighted by Gasteiger charge is -2.09. The second kappa shape index (κ2) is 11.4. The molecular formula is C30H18Br2ClN3O5. The largest absolute Gasteiger partial charge is 0.454 e. The van der Waals surface area contributed by atoms with Gasteiger partial charge in [-0.25, -0.2) is 10.2 Å². The van der Waals surface area contributed by atoms with Crippen LogP contribution < -0.4 is 19.6 Å². The van der Waals surface area contributed by atoms with Crippen molar-refractivity contribution in [2.45, 2.75) is 0 Å². The molecule has 1 aliphatic rings. The van der Waals surface area contributed by atoms with Gasteiger partial charge in [-0.1, -0.05) is 73.8 Å². The van der Waals surface area contributed by atoms with Gasteiger partial charge in [0.15, 0.2) is 11.5 Å². The molecule has 2 N–H and O–H groups in total. The molecule has 1 amide bonds. The SMILES string of the molecule is O=C(Oc1ccc(Br)cc1C=NNC(=O)c1[nH]c2c(Cl)cc(Br)cc2c1-c1ccccc1)c1ccc2c(c1)OCO2. The fourth-order valence-corrected chi connectivity index (χ4v) is 5.64. The minimum atomic E-state index is -0.585. The normalized spacial score (nSPS) is 12.2. The number of esters is 1. The van der Waals surface area contributed by atoms with Crippen LogP contribution in [-0.4, -0.2) is 29.9 Å². The molecule has 0 atom stereocenters. The highest BCUT2D eigenvalue weighted by atomic mass is 79.9. The van der Waals surface area contributed by atoms with E-state index in [-0.39, 0.29) is 12.5 Å². The smallest absolute Gasteiger partial charge is 0.343 e. The summed E-state index contributed by atoms with van der Waals surface area (Å²) in [6.45, 7) is 0.100. The van der Waals surface area contributed by atoms with Crippen molar-refractivity contribution in [1.82, 2.24) is 10.4 Å². The lowest BCUT2D eigenvalue weighted by molar-refractivity contribution is 0.0733. The minimum Gasteiger partial charge on any atom is -0.454 e. The maximum absolute atomic E-state index is 13.4. The summed E-state index contributed by atoms with van der Waals surface area (Å²) in [5, 5.41) is 5.41. The molecule has 0 saturated carbocycles. The molecular weight excluding hydrogens is 678 g/mol. The number of hydrogen-bond donors (Lipinski definition) is 2. The van der Waals surface area contributed by atoms with Crippen LogP contribution in [0.1, 0.15) is 26.4 Å². The number of fused-ring (bicyclic) bond motifs is 2. The first-order chi connectivity index (χ1) is 19.9. The van der Waals surface area contributed by atoms with Crippen LogP contribution in [0.2, 0.25) is 5.02 Å². The molecule has 0 saturated heterocycles. The zero-order valence-corrected chi connectivity index (χ0v) is 24.8. The summed E-state index contributed by atoms with van der Waals surface area (Å²) in [6, 6.07) is 23.1. The lowest BCUT2D eigenvalue weighted by Crippen LogP contribution is -2.19. The van der Waals surface area contributed by atoms with E-state index in [2.05, 4.69) is 47.4 Å². The Morgan fingerprint density at radius 1 is 0.951 bits per heavy atom. The third kappa shape index (κ3) is 5.58. The van der Waals surface area contributed by atoms with Gasteiger partial charge in [-0.05, 0) is 54.1 Å². The average Bonchev–Trinajstić information content (AvgIpc) is 3.59. The number of benzene rings is 4. The Morgan fingerprint density at radius 3 is 2.59 bits per heavy atom. The van der Waals surface area contributed by atoms with Gasteiger partial charge in [-0.15, -0.1) is 0 Å². The molecule has 0 aliphatic carbocycles. The van der Waals surface area contributed by atoms with Crippen molar-refractivity contribution in [2.24, 2.45) is 5.10 Å². The Bertz CT molecular complexity index is 1860. The summed E-state index contributed by atoms with van der Waals surface area (Å²) in [5.74, 6) is 0.228. The number of hydrogen-bond acceptors (Lipinski definition) is 6. The summed E-state index contributed by atoms with van der Waals surface area (Å²) >= 11 is 13.4. The van der Waals surface area contributed by atoms with Crippen LogP contribution in [0.15, 0.2) is 92.9 Å². The van der Waals surface area contributed by atoms with E-state index in [1.54, 1.807) is 42.5 Å². The third-order valence-corrected chi connectivity index (χ3v) is 7.52. The number of halogens is 3. The fraction of sp³-hybridized carbons (Fsp3) is 0.0333. The molecule has 0 radical (unpaired) electrons. The first-order valence-corrected chi connectivity index (χ1v) is 14.1. The molecule has 1 aromatic heterocycles. The van der Waals surface area contributed by atoms with Crippen molar-refractivity contribution >= 4 is 72.5 Å². The zero-order chi connectivity index (χ0) is 28.5. The van der Waals surface area contributed by atoms with Crippen molar-refractivity contribution in [1.29, 1.82) is 0 Å². The molecule has 204 valence electrons. The lowest BCUT2D eigenvalue weighted by atomic mass is 10.0. The number of amides is 1. The van der Waals surface area contributed by atoms with Gasteiger partial charge in [0.25, 0.3) is 5.91 Å². The zero-order valence-electron chi connectivity index (χ0n) is 20.9. The number of H-pyrrole nitrogens is 1. The number of carbonyl (C=O) groups is 2. The summed E-state index contributed by atoms with van der Waals surface area (Å²) in [5.41, 5.74) is 5.79. The van der Waals surface area contributed by atoms with Gasteiger partial charge >= 0.3 is 5.97 Å². The molecule has 0 bridgehead atoms. The van der Waals surface area contributed by atoms with Crippen molar-refractivity contribution in [3.8, 4) is 28.4 Å². The summed E-state index contributed by atoms with van der Waals surface area (Å²) in [7, 11) is 0. The molecule has 11 heteroatoms. The number of aromatic amines is 1. The monoisotopic (exact) mass is 693 g/mol. The second-order valence-corrected chi connectivity index (χ2v) is 11.1. The highest BCUT2D eigenvalue weighted by Gasteiger charge is 2.21. The van der Waals surface area contributed by atoms with Crippen LogP contribution in [0, 0.1) is 0 Å². The summed E-state index contributed by atoms with van der Waals surface area (Å²) in [6.07, 6.45) is 1.40. The standard InChI is InChI=1S/C30H18Br2ClN3O5/c31-19-7-9-23(41-30(38)17-6-8-24-25(11-17)40-15-39-24)18(10-19)14-34-36-29(37)28-26(16-4-2-1-3-5-16)21-12-20(32)13-22(33)27(21)35-28/h1-14,35H,15H2,(H,36,37). The number of ether oxygens (including phenoxy) is 3. The van der Waals surface area contributed by atoms with Crippen molar-refractivity contribution in [2.75, 3.05) is 6.79 Å². The molecule has 5 aromatic rings. The number of hydrazone groups is 1. The summed E-state index contributed by atoms with van der Waals surface area (Å²) in [4.78, 5) is 29.4. The fourth-order valence-electron chi connectivity index (χ4n) is 4.41. The number of rotatable bonds is 6. The van der Waals surface area contributed by atoms with Crippen molar-refractivity contribution in [3.05, 3.63) is 110 Å². The van der Waals surface area contributed by atoms with Crippen LogP contribution in [0.5, 0.6) is 17.2 Å². The topological polar surface area (TPSA) is 102 Å². The maximum atomic E-state index is 13.4. The Hall–Kier alpha value is -4.12. The van der Waals surface area contributed by atoms with E-state index < -0.39 is 11.9 Å². The quantitative estimate of drug-likeness (QED) is 0.0820. The van der Waals surface area contributed by atoms with E-state index >= 15 is 0 Å². The van der Waals surface area contributed by atoms with Crippen LogP contribution in [0.4, 0.5) is 0 Å². The van der Waals surface area contributed by atoms with E-state index in [0.29, 0.717) is 44.4 Å². The second-order valence-electron chi connectivity index (χ2n) is 8.89. The number of nitrogens with one attached hydrogen (secondary N) is 2. The van der Waals surface area contributed by atoms with E-state index in [1.165, 1.54) is 6.21 Å². The molecule has 2 heterocycles. The molecule has 8 nitrogen and oxygen atoms in total. The minimum absolute atomic E-state index is 0.100. The van der Waals surface area contributed by atoms with Crippen molar-refractivity contribution < 1.29 is 23.8 Å². The highest BCUT2D eigenvalue weighted by Crippen LogP contribution is 2.38. The van der Waals surface area contributed by atoms with Gasteiger partial charge in [0.1, 0.15) is 11.4 Å². The molecule has 41 heavy (non-hydrogen) atoms. The first-order valence-electron chi connectivity index (χ1n) is 12.2. The molecule has 0 spiro atoms. The molecule has 0 unspecified atom stereocenters. The van der Waals surface area contributed by atoms with E-state index in [9.17, 15) is 9.59 Å². The Kier molecular flexibility index (Phi) is 7.53. The Morgan fingerprint density at radius 2 is 1.76 bits per heavy atom. The van der Waals surface area contributed by atoms with Crippen LogP contribution in [0.25, 0.3) is 22.0 Å². The highest BCUT2D eigenvalue weighted by molar-refractivity contribution is 9.10. The van der Waals surface area contributed by atoms with Crippen LogP contribution >= 0.6 is 43.5 Å². The molecule has 1 aliphatic heterocycles. The van der Waals surface area contributed by atoms with Gasteiger partial charge in [0, 0.05) is 25.5 Å². The average molecular weight is 696 g/mol. The molecule has 4 aromatic carbocycles. The number of nitrogens with zero attached hydrogens (tertiary/aromatic N) is 1. The molecule has 6 rings (SSSR count). The van der Waals surface area contributed by atoms with Gasteiger partial charge in [-0.3, -0.25) is 4.79 Å². The predicted octanol–water partition coefficient (Wildman–Crippen LogP) is 7.73. The van der Waals surface area contributed by atoms with E-state index in [0.717, 1.165) is 19.9 Å². The summed E-state index contributed by atoms with van der Waals surface area (Å²) < 4.78 is 17.8. The van der Waals surface area contributed by atoms with E-state index in [1.807, 2.05) is 36.4 Å². The number of aromatic nitrogens is 1. The Balaban J connectivity index is 1.26. The van der Waals surface area contributed by atoms with Gasteiger partial charge in [0.05, 0.1) is 22.3 Å². The van der Waals surface area contributed by atoms with Crippen molar-refractivity contribution in [3.63, 3.8) is 0 Å². The predicted molar refractivity (Wildman–Crippen MR) is 163 cm³/mol. The molecule has 0 fully saturated rings. The van der Waals surface area contributed by atoms with E-state index in [4.69, 9.17) is 25.8 Å². The first kappa shape index (κ1) is 27.1. The van der Waals surface area contributed by atoms with Gasteiger partial charge < -0.3 is 19.2 Å².